The highest BCUT2D eigenvalue weighted by molar-refractivity contribution is 5.95. The standard InChI is InChI=1S/C17H16F2N2O6/c18-10-3-1-9(2-4-10)11(23)7-21-13(24)5-6-20(17(21)26)16-14(19)15(25)12(8-22)27-16/h1-6,12,14-16,22,25H,7-8H2/t12-,14-,15+,16-/m0/s1. The SMILES string of the molecule is O=C(Cn1c(=O)ccn([C@H]2O[C@@H](CO)[C@@H](O)[C@@H]2F)c1=O)c1ccc(F)cc1. The van der Waals surface area contributed by atoms with E-state index in [9.17, 15) is 28.3 Å². The van der Waals surface area contributed by atoms with E-state index in [1.54, 1.807) is 0 Å². The Morgan fingerprint density at radius 1 is 1.19 bits per heavy atom. The van der Waals surface area contributed by atoms with Crippen molar-refractivity contribution in [2.75, 3.05) is 6.61 Å². The molecule has 0 amide bonds. The molecular weight excluding hydrogens is 366 g/mol. The molecule has 0 aliphatic carbocycles. The Morgan fingerprint density at radius 3 is 2.44 bits per heavy atom. The summed E-state index contributed by atoms with van der Waals surface area (Å²) < 4.78 is 33.7. The lowest BCUT2D eigenvalue weighted by Crippen LogP contribution is -2.43. The van der Waals surface area contributed by atoms with E-state index < -0.39 is 60.6 Å². The molecule has 1 aliphatic heterocycles. The molecule has 0 bridgehead atoms. The quantitative estimate of drug-likeness (QED) is 0.682. The van der Waals surface area contributed by atoms with Crippen LogP contribution in [0.3, 0.4) is 0 Å². The minimum atomic E-state index is -2.02. The number of aromatic nitrogens is 2. The number of benzene rings is 1. The Hall–Kier alpha value is -2.69. The number of hydrogen-bond donors (Lipinski definition) is 2. The van der Waals surface area contributed by atoms with Gasteiger partial charge in [0.15, 0.2) is 18.2 Å². The third-order valence-corrected chi connectivity index (χ3v) is 4.31. The number of aliphatic hydroxyl groups is 2. The van der Waals surface area contributed by atoms with Crippen LogP contribution in [0, 0.1) is 5.82 Å². The molecule has 1 aliphatic rings. The van der Waals surface area contributed by atoms with E-state index in [0.717, 1.165) is 29.0 Å². The fraction of sp³-hybridized carbons (Fsp3) is 0.353. The van der Waals surface area contributed by atoms with E-state index in [4.69, 9.17) is 9.84 Å². The number of aliphatic hydroxyl groups excluding tert-OH is 2. The highest BCUT2D eigenvalue weighted by Crippen LogP contribution is 2.30. The summed E-state index contributed by atoms with van der Waals surface area (Å²) in [5, 5.41) is 18.8. The Morgan fingerprint density at radius 2 is 1.85 bits per heavy atom. The second kappa shape index (κ2) is 7.51. The molecule has 0 radical (unpaired) electrons. The zero-order valence-corrected chi connectivity index (χ0v) is 13.9. The van der Waals surface area contributed by atoms with Crippen LogP contribution >= 0.6 is 0 Å². The molecule has 1 aromatic carbocycles. The third kappa shape index (κ3) is 3.59. The summed E-state index contributed by atoms with van der Waals surface area (Å²) in [5.74, 6) is -1.17. The van der Waals surface area contributed by atoms with E-state index >= 15 is 0 Å². The van der Waals surface area contributed by atoms with Crippen molar-refractivity contribution in [1.82, 2.24) is 9.13 Å². The Balaban J connectivity index is 1.93. The smallest absolute Gasteiger partial charge is 0.333 e. The van der Waals surface area contributed by atoms with Gasteiger partial charge in [-0.1, -0.05) is 0 Å². The van der Waals surface area contributed by atoms with Gasteiger partial charge in [0, 0.05) is 17.8 Å². The van der Waals surface area contributed by atoms with Crippen LogP contribution < -0.4 is 11.2 Å². The molecule has 1 fully saturated rings. The fourth-order valence-corrected chi connectivity index (χ4v) is 2.82. The molecule has 27 heavy (non-hydrogen) atoms. The number of ether oxygens (including phenoxy) is 1. The molecule has 4 atom stereocenters. The molecule has 1 aromatic heterocycles. The number of hydrogen-bond acceptors (Lipinski definition) is 6. The molecule has 2 aromatic rings. The second-order valence-corrected chi connectivity index (χ2v) is 6.04. The first-order valence-electron chi connectivity index (χ1n) is 8.02. The van der Waals surface area contributed by atoms with Gasteiger partial charge in [-0.3, -0.25) is 18.7 Å². The Bertz CT molecular complexity index is 955. The molecule has 0 unspecified atom stereocenters. The van der Waals surface area contributed by atoms with Crippen LogP contribution in [0.4, 0.5) is 8.78 Å². The lowest BCUT2D eigenvalue weighted by Gasteiger charge is -2.17. The van der Waals surface area contributed by atoms with Gasteiger partial charge < -0.3 is 14.9 Å². The minimum Gasteiger partial charge on any atom is -0.394 e. The molecule has 2 N–H and O–H groups in total. The van der Waals surface area contributed by atoms with Gasteiger partial charge in [0.05, 0.1) is 13.2 Å². The molecule has 0 spiro atoms. The van der Waals surface area contributed by atoms with Gasteiger partial charge in [0.25, 0.3) is 5.56 Å². The van der Waals surface area contributed by atoms with E-state index in [0.29, 0.717) is 4.57 Å². The van der Waals surface area contributed by atoms with Crippen LogP contribution in [0.1, 0.15) is 16.6 Å². The van der Waals surface area contributed by atoms with E-state index in [-0.39, 0.29) is 5.56 Å². The third-order valence-electron chi connectivity index (χ3n) is 4.31. The number of rotatable bonds is 5. The predicted octanol–water partition coefficient (Wildman–Crippen LogP) is -0.379. The largest absolute Gasteiger partial charge is 0.394 e. The fourth-order valence-electron chi connectivity index (χ4n) is 2.82. The molecule has 144 valence electrons. The van der Waals surface area contributed by atoms with Crippen LogP contribution in [-0.4, -0.2) is 50.1 Å². The number of carbonyl (C=O) groups excluding carboxylic acids is 1. The number of Topliss-reactive ketones (excluding diaryl/α,β-unsaturated/α-hetero) is 1. The van der Waals surface area contributed by atoms with Crippen molar-refractivity contribution in [3.8, 4) is 0 Å². The Labute approximate surface area is 150 Å². The first-order chi connectivity index (χ1) is 12.8. The van der Waals surface area contributed by atoms with Crippen LogP contribution in [0.5, 0.6) is 0 Å². The number of ketones is 1. The van der Waals surface area contributed by atoms with E-state index in [2.05, 4.69) is 0 Å². The van der Waals surface area contributed by atoms with Gasteiger partial charge in [0.2, 0.25) is 0 Å². The maximum Gasteiger partial charge on any atom is 0.333 e. The van der Waals surface area contributed by atoms with Crippen LogP contribution in [0.15, 0.2) is 46.1 Å². The zero-order chi connectivity index (χ0) is 19.7. The monoisotopic (exact) mass is 382 g/mol. The number of nitrogens with zero attached hydrogens (tertiary/aromatic N) is 2. The van der Waals surface area contributed by atoms with Crippen LogP contribution in [0.25, 0.3) is 0 Å². The van der Waals surface area contributed by atoms with Crippen molar-refractivity contribution >= 4 is 5.78 Å². The average Bonchev–Trinajstić information content (AvgIpc) is 2.94. The Kier molecular flexibility index (Phi) is 5.31. The summed E-state index contributed by atoms with van der Waals surface area (Å²) in [7, 11) is 0. The summed E-state index contributed by atoms with van der Waals surface area (Å²) in [6, 6.07) is 5.51. The van der Waals surface area contributed by atoms with Crippen molar-refractivity contribution < 1.29 is 28.5 Å². The second-order valence-electron chi connectivity index (χ2n) is 6.04. The molecule has 8 nitrogen and oxygen atoms in total. The van der Waals surface area contributed by atoms with Crippen LogP contribution in [-0.2, 0) is 11.3 Å². The predicted molar refractivity (Wildman–Crippen MR) is 87.6 cm³/mol. The maximum absolute atomic E-state index is 14.2. The summed E-state index contributed by atoms with van der Waals surface area (Å²) in [6.07, 6.45) is -5.45. The first kappa shape index (κ1) is 19.1. The molecule has 2 heterocycles. The van der Waals surface area contributed by atoms with Crippen molar-refractivity contribution in [3.05, 3.63) is 68.7 Å². The minimum absolute atomic E-state index is 0.0920. The van der Waals surface area contributed by atoms with Crippen molar-refractivity contribution in [3.63, 3.8) is 0 Å². The molecule has 1 saturated heterocycles. The van der Waals surface area contributed by atoms with Crippen molar-refractivity contribution in [2.45, 2.75) is 31.2 Å². The van der Waals surface area contributed by atoms with Gasteiger partial charge in [-0.25, -0.2) is 13.6 Å². The average molecular weight is 382 g/mol. The highest BCUT2D eigenvalue weighted by atomic mass is 19.1. The van der Waals surface area contributed by atoms with Crippen molar-refractivity contribution in [2.24, 2.45) is 0 Å². The highest BCUT2D eigenvalue weighted by Gasteiger charge is 2.45. The van der Waals surface area contributed by atoms with E-state index in [1.807, 2.05) is 0 Å². The van der Waals surface area contributed by atoms with Gasteiger partial charge in [0.1, 0.15) is 18.0 Å². The normalized spacial score (nSPS) is 24.9. The molecule has 0 saturated carbocycles. The van der Waals surface area contributed by atoms with Crippen molar-refractivity contribution in [1.29, 1.82) is 0 Å². The maximum atomic E-state index is 14.2. The van der Waals surface area contributed by atoms with Gasteiger partial charge >= 0.3 is 5.69 Å². The van der Waals surface area contributed by atoms with Gasteiger partial charge in [-0.2, -0.15) is 0 Å². The summed E-state index contributed by atoms with van der Waals surface area (Å²) in [4.78, 5) is 36.8. The zero-order valence-electron chi connectivity index (χ0n) is 13.9. The van der Waals surface area contributed by atoms with Gasteiger partial charge in [-0.05, 0) is 24.3 Å². The first-order valence-corrected chi connectivity index (χ1v) is 8.02. The topological polar surface area (TPSA) is 111 Å². The molecule has 10 heteroatoms. The number of carbonyl (C=O) groups is 1. The lowest BCUT2D eigenvalue weighted by molar-refractivity contribution is -0.0496. The lowest BCUT2D eigenvalue weighted by atomic mass is 10.1. The number of halogens is 2. The molecular formula is C17H16F2N2O6. The molecule has 3 rings (SSSR count). The van der Waals surface area contributed by atoms with E-state index in [1.165, 1.54) is 12.1 Å². The number of alkyl halides is 1. The summed E-state index contributed by atoms with van der Waals surface area (Å²) >= 11 is 0. The van der Waals surface area contributed by atoms with Crippen LogP contribution in [0.2, 0.25) is 0 Å². The van der Waals surface area contributed by atoms with Gasteiger partial charge in [-0.15, -0.1) is 0 Å². The summed E-state index contributed by atoms with van der Waals surface area (Å²) in [5.41, 5.74) is -1.72. The summed E-state index contributed by atoms with van der Waals surface area (Å²) in [6.45, 7) is -1.30.